The smallest absolute Gasteiger partial charge is 0.250 e. The van der Waals surface area contributed by atoms with Crippen molar-refractivity contribution in [2.45, 2.75) is 124 Å². The molecule has 0 radical (unpaired) electrons. The summed E-state index contributed by atoms with van der Waals surface area (Å²) in [6.45, 7) is 21.0. The van der Waals surface area contributed by atoms with Gasteiger partial charge in [0.25, 0.3) is 0 Å². The first-order valence-electron chi connectivity index (χ1n) is 14.4. The van der Waals surface area contributed by atoms with Crippen LogP contribution in [0.2, 0.25) is 18.1 Å². The van der Waals surface area contributed by atoms with Crippen LogP contribution < -0.4 is 4.43 Å². The number of aryl methyl sites for hydroxylation is 1. The molecule has 0 aliphatic heterocycles. The van der Waals surface area contributed by atoms with Gasteiger partial charge < -0.3 is 9.53 Å². The molecule has 0 heterocycles. The van der Waals surface area contributed by atoms with Gasteiger partial charge in [-0.15, -0.1) is 0 Å². The third-order valence-electron chi connectivity index (χ3n) is 10.6. The Bertz CT molecular complexity index is 939. The van der Waals surface area contributed by atoms with E-state index in [0.717, 1.165) is 30.4 Å². The maximum absolute atomic E-state index is 11.0. The van der Waals surface area contributed by atoms with Crippen LogP contribution in [0.3, 0.4) is 0 Å². The Morgan fingerprint density at radius 1 is 1.11 bits per heavy atom. The number of fused-ring (bicyclic) bond motifs is 5. The number of hydrogen-bond donors (Lipinski definition) is 1. The predicted molar refractivity (Wildman–Crippen MR) is 152 cm³/mol. The summed E-state index contributed by atoms with van der Waals surface area (Å²) in [6, 6.07) is 7.06. The first-order chi connectivity index (χ1) is 16.2. The quantitative estimate of drug-likeness (QED) is 0.301. The van der Waals surface area contributed by atoms with Crippen molar-refractivity contribution in [1.29, 1.82) is 0 Å². The highest BCUT2D eigenvalue weighted by Crippen LogP contribution is 2.62. The fourth-order valence-electron chi connectivity index (χ4n) is 7.34. The average Bonchev–Trinajstić information content (AvgIpc) is 3.12. The highest BCUT2D eigenvalue weighted by molar-refractivity contribution is 6.74. The minimum atomic E-state index is -1.82. The normalized spacial score (nSPS) is 30.3. The lowest BCUT2D eigenvalue weighted by atomic mass is 9.53. The molecule has 1 unspecified atom stereocenters. The minimum absolute atomic E-state index is 0.205. The molecule has 3 aliphatic rings. The molecule has 3 aliphatic carbocycles. The van der Waals surface area contributed by atoms with E-state index in [0.29, 0.717) is 11.8 Å². The van der Waals surface area contributed by atoms with Crippen molar-refractivity contribution in [3.05, 3.63) is 41.0 Å². The van der Waals surface area contributed by atoms with Gasteiger partial charge in [0.1, 0.15) is 5.75 Å². The maximum atomic E-state index is 11.0. The summed E-state index contributed by atoms with van der Waals surface area (Å²) in [5.74, 6) is 4.21. The van der Waals surface area contributed by atoms with Crippen LogP contribution >= 0.6 is 0 Å². The minimum Gasteiger partial charge on any atom is -0.543 e. The fourth-order valence-corrected chi connectivity index (χ4v) is 8.36. The van der Waals surface area contributed by atoms with Crippen LogP contribution in [0.15, 0.2) is 29.8 Å². The van der Waals surface area contributed by atoms with Crippen molar-refractivity contribution < 1.29 is 9.53 Å². The van der Waals surface area contributed by atoms with Crippen LogP contribution in [0.1, 0.15) is 104 Å². The Labute approximate surface area is 217 Å². The Morgan fingerprint density at radius 2 is 1.83 bits per heavy atom. The van der Waals surface area contributed by atoms with E-state index in [2.05, 4.69) is 85.8 Å². The van der Waals surface area contributed by atoms with Gasteiger partial charge >= 0.3 is 0 Å². The molecule has 6 atom stereocenters. The summed E-state index contributed by atoms with van der Waals surface area (Å²) in [7, 11) is -1.82. The number of hydrogen-bond acceptors (Lipinski definition) is 2. The zero-order valence-corrected chi connectivity index (χ0v) is 25.1. The van der Waals surface area contributed by atoms with Crippen molar-refractivity contribution in [1.82, 2.24) is 0 Å². The van der Waals surface area contributed by atoms with Crippen molar-refractivity contribution >= 4 is 8.32 Å². The summed E-state index contributed by atoms with van der Waals surface area (Å²) in [4.78, 5) is 0. The van der Waals surface area contributed by atoms with Gasteiger partial charge in [0.15, 0.2) is 0 Å². The molecule has 0 aromatic heterocycles. The summed E-state index contributed by atoms with van der Waals surface area (Å²) < 4.78 is 6.66. The van der Waals surface area contributed by atoms with E-state index in [1.54, 1.807) is 11.1 Å². The average molecular weight is 497 g/mol. The van der Waals surface area contributed by atoms with E-state index in [-0.39, 0.29) is 22.5 Å². The van der Waals surface area contributed by atoms with E-state index in [1.807, 2.05) is 0 Å². The predicted octanol–water partition coefficient (Wildman–Crippen LogP) is 8.90. The first kappa shape index (κ1) is 27.0. The van der Waals surface area contributed by atoms with Crippen molar-refractivity contribution in [3.8, 4) is 5.75 Å². The number of aliphatic hydroxyl groups is 1. The fraction of sp³-hybridized carbons (Fsp3) is 0.750. The van der Waals surface area contributed by atoms with E-state index < -0.39 is 8.32 Å². The molecule has 4 rings (SSSR count). The van der Waals surface area contributed by atoms with Crippen molar-refractivity contribution in [2.75, 3.05) is 0 Å². The Kier molecular flexibility index (Phi) is 7.46. The maximum Gasteiger partial charge on any atom is 0.250 e. The Balaban J connectivity index is 1.49. The summed E-state index contributed by atoms with van der Waals surface area (Å²) >= 11 is 0. The van der Waals surface area contributed by atoms with Gasteiger partial charge in [-0.2, -0.15) is 0 Å². The second-order valence-corrected chi connectivity index (χ2v) is 19.0. The topological polar surface area (TPSA) is 29.5 Å². The SMILES string of the molecule is CC(C)CCC(O)[C@@H](C)C1=CC[C@H]2[C@@H]3CCc4cc(O[Si](C)(C)C(C)(C)C)ccc4[C@H]3CC[C@]12C. The van der Waals surface area contributed by atoms with E-state index in [4.69, 9.17) is 4.43 Å². The zero-order valence-electron chi connectivity index (χ0n) is 24.1. The summed E-state index contributed by atoms with van der Waals surface area (Å²) in [5, 5.41) is 11.2. The van der Waals surface area contributed by atoms with Gasteiger partial charge in [-0.05, 0) is 115 Å². The molecule has 1 aromatic carbocycles. The molecule has 3 heteroatoms. The van der Waals surface area contributed by atoms with E-state index in [1.165, 1.54) is 37.7 Å². The highest BCUT2D eigenvalue weighted by atomic mass is 28.4. The molecule has 0 amide bonds. The van der Waals surface area contributed by atoms with Gasteiger partial charge in [-0.3, -0.25) is 0 Å². The third-order valence-corrected chi connectivity index (χ3v) is 15.0. The van der Waals surface area contributed by atoms with Crippen molar-refractivity contribution in [3.63, 3.8) is 0 Å². The van der Waals surface area contributed by atoms with E-state index >= 15 is 0 Å². The Morgan fingerprint density at radius 3 is 2.49 bits per heavy atom. The third kappa shape index (κ3) is 5.06. The molecule has 0 bridgehead atoms. The van der Waals surface area contributed by atoms with Crippen LogP contribution in [0.25, 0.3) is 0 Å². The molecule has 35 heavy (non-hydrogen) atoms. The Hall–Kier alpha value is -1.06. The lowest BCUT2D eigenvalue weighted by Crippen LogP contribution is -2.44. The molecule has 1 fully saturated rings. The molecule has 0 saturated heterocycles. The van der Waals surface area contributed by atoms with Crippen LogP contribution in [-0.4, -0.2) is 19.5 Å². The summed E-state index contributed by atoms with van der Waals surface area (Å²) in [5.41, 5.74) is 4.97. The molecular formula is C32H52O2Si. The van der Waals surface area contributed by atoms with E-state index in [9.17, 15) is 5.11 Å². The largest absolute Gasteiger partial charge is 0.543 e. The molecule has 196 valence electrons. The van der Waals surface area contributed by atoms with Crippen LogP contribution in [0, 0.1) is 29.1 Å². The molecule has 0 spiro atoms. The number of benzene rings is 1. The van der Waals surface area contributed by atoms with Gasteiger partial charge in [0, 0.05) is 5.92 Å². The first-order valence-corrected chi connectivity index (χ1v) is 17.4. The molecule has 1 aromatic rings. The standard InChI is InChI=1S/C32H52O2Si/c1-21(2)10-17-30(33)22(3)28-15-16-29-27-13-11-23-20-24(34-35(8,9)31(4,5)6)12-14-25(23)26(27)18-19-32(28,29)7/h12,14-15,20-22,26-27,29-30,33H,10-11,13,16-19H2,1-9H3/t22-,26+,27+,29-,30?,32+/m0/s1. The number of rotatable bonds is 7. The van der Waals surface area contributed by atoms with Gasteiger partial charge in [-0.25, -0.2) is 0 Å². The monoisotopic (exact) mass is 496 g/mol. The zero-order chi connectivity index (χ0) is 25.8. The summed E-state index contributed by atoms with van der Waals surface area (Å²) in [6.07, 6.45) is 10.6. The lowest BCUT2D eigenvalue weighted by Gasteiger charge is -2.51. The van der Waals surface area contributed by atoms with Gasteiger partial charge in [-0.1, -0.05) is 66.2 Å². The molecular weight excluding hydrogens is 444 g/mol. The molecule has 2 nitrogen and oxygen atoms in total. The van der Waals surface area contributed by atoms with Crippen molar-refractivity contribution in [2.24, 2.45) is 29.1 Å². The van der Waals surface area contributed by atoms with Crippen LogP contribution in [0.4, 0.5) is 0 Å². The van der Waals surface area contributed by atoms with Gasteiger partial charge in [0.2, 0.25) is 8.32 Å². The van der Waals surface area contributed by atoms with Gasteiger partial charge in [0.05, 0.1) is 6.10 Å². The van der Waals surface area contributed by atoms with Crippen LogP contribution in [-0.2, 0) is 6.42 Å². The lowest BCUT2D eigenvalue weighted by molar-refractivity contribution is 0.0507. The number of aliphatic hydroxyl groups excluding tert-OH is 1. The second-order valence-electron chi connectivity index (χ2n) is 14.3. The second kappa shape index (κ2) is 9.67. The molecule has 1 saturated carbocycles. The highest BCUT2D eigenvalue weighted by Gasteiger charge is 2.53. The molecule has 1 N–H and O–H groups in total. The number of allylic oxidation sites excluding steroid dienone is 1. The van der Waals surface area contributed by atoms with Crippen LogP contribution in [0.5, 0.6) is 5.75 Å².